The third-order valence-electron chi connectivity index (χ3n) is 5.90. The first-order valence-electron chi connectivity index (χ1n) is 11.1. The second-order valence-electron chi connectivity index (χ2n) is 9.39. The molecule has 0 bridgehead atoms. The van der Waals surface area contributed by atoms with Gasteiger partial charge in [-0.2, -0.15) is 9.57 Å². The highest BCUT2D eigenvalue weighted by atomic mass is 32.2. The summed E-state index contributed by atoms with van der Waals surface area (Å²) in [7, 11) is -3.71. The van der Waals surface area contributed by atoms with E-state index in [9.17, 15) is 18.0 Å². The van der Waals surface area contributed by atoms with Gasteiger partial charge in [0.15, 0.2) is 0 Å². The van der Waals surface area contributed by atoms with E-state index < -0.39 is 16.1 Å². The SMILES string of the molecule is C[C@H](NC(=O)c1ccc(C(C)(C)C)cc1)C(=O)N1CCN(S(=O)(=O)c2ccc(C#N)cc2)CC1. The second kappa shape index (κ2) is 9.95. The molecule has 2 aromatic rings. The van der Waals surface area contributed by atoms with E-state index in [0.29, 0.717) is 11.1 Å². The van der Waals surface area contributed by atoms with Crippen LogP contribution in [0.15, 0.2) is 53.4 Å². The normalized spacial score (nSPS) is 15.9. The maximum Gasteiger partial charge on any atom is 0.251 e. The third-order valence-corrected chi connectivity index (χ3v) is 7.82. The molecule has 1 aliphatic rings. The van der Waals surface area contributed by atoms with E-state index in [0.717, 1.165) is 5.56 Å². The summed E-state index contributed by atoms with van der Waals surface area (Å²) in [6.07, 6.45) is 0. The molecule has 1 aliphatic heterocycles. The lowest BCUT2D eigenvalue weighted by Crippen LogP contribution is -2.55. The van der Waals surface area contributed by atoms with Crippen LogP contribution in [0.4, 0.5) is 0 Å². The molecule has 0 aliphatic carbocycles. The van der Waals surface area contributed by atoms with Crippen molar-refractivity contribution < 1.29 is 18.0 Å². The minimum Gasteiger partial charge on any atom is -0.341 e. The van der Waals surface area contributed by atoms with Crippen LogP contribution in [0, 0.1) is 11.3 Å². The second-order valence-corrected chi connectivity index (χ2v) is 11.3. The van der Waals surface area contributed by atoms with Crippen LogP contribution in [0.1, 0.15) is 49.2 Å². The zero-order chi connectivity index (χ0) is 25.1. The summed E-state index contributed by atoms with van der Waals surface area (Å²) < 4.78 is 27.1. The predicted molar refractivity (Wildman–Crippen MR) is 129 cm³/mol. The number of nitrogens with zero attached hydrogens (tertiary/aromatic N) is 3. The zero-order valence-electron chi connectivity index (χ0n) is 19.9. The van der Waals surface area contributed by atoms with E-state index in [2.05, 4.69) is 26.1 Å². The van der Waals surface area contributed by atoms with Gasteiger partial charge in [0.2, 0.25) is 15.9 Å². The van der Waals surface area contributed by atoms with Crippen LogP contribution in [0.2, 0.25) is 0 Å². The number of sulfonamides is 1. The number of benzene rings is 2. The van der Waals surface area contributed by atoms with Gasteiger partial charge in [-0.15, -0.1) is 0 Å². The van der Waals surface area contributed by atoms with Gasteiger partial charge in [-0.25, -0.2) is 8.42 Å². The molecule has 0 saturated carbocycles. The van der Waals surface area contributed by atoms with Crippen molar-refractivity contribution in [1.29, 1.82) is 5.26 Å². The quantitative estimate of drug-likeness (QED) is 0.704. The highest BCUT2D eigenvalue weighted by Gasteiger charge is 2.32. The average molecular weight is 483 g/mol. The molecule has 8 nitrogen and oxygen atoms in total. The maximum atomic E-state index is 12.9. The lowest BCUT2D eigenvalue weighted by Gasteiger charge is -2.35. The predicted octanol–water partition coefficient (Wildman–Crippen LogP) is 2.51. The van der Waals surface area contributed by atoms with Crippen molar-refractivity contribution >= 4 is 21.8 Å². The fourth-order valence-corrected chi connectivity index (χ4v) is 5.16. The summed E-state index contributed by atoms with van der Waals surface area (Å²) in [6, 6.07) is 14.3. The Morgan fingerprint density at radius 1 is 0.971 bits per heavy atom. The van der Waals surface area contributed by atoms with Crippen LogP contribution in [0.3, 0.4) is 0 Å². The van der Waals surface area contributed by atoms with Crippen LogP contribution in [0.25, 0.3) is 0 Å². The molecule has 2 aromatic carbocycles. The number of nitriles is 1. The summed E-state index contributed by atoms with van der Waals surface area (Å²) in [5.74, 6) is -0.585. The minimum atomic E-state index is -3.71. The molecule has 1 heterocycles. The molecule has 0 aromatic heterocycles. The van der Waals surface area contributed by atoms with Gasteiger partial charge in [0.25, 0.3) is 5.91 Å². The lowest BCUT2D eigenvalue weighted by molar-refractivity contribution is -0.134. The highest BCUT2D eigenvalue weighted by molar-refractivity contribution is 7.89. The van der Waals surface area contributed by atoms with Gasteiger partial charge in [0.05, 0.1) is 16.5 Å². The number of carbonyl (C=O) groups is 2. The van der Waals surface area contributed by atoms with Gasteiger partial charge >= 0.3 is 0 Å². The van der Waals surface area contributed by atoms with E-state index in [1.54, 1.807) is 24.0 Å². The Labute approximate surface area is 201 Å². The van der Waals surface area contributed by atoms with E-state index in [1.165, 1.54) is 28.6 Å². The molecule has 0 unspecified atom stereocenters. The van der Waals surface area contributed by atoms with E-state index in [4.69, 9.17) is 5.26 Å². The number of carbonyl (C=O) groups excluding carboxylic acids is 2. The Kier molecular flexibility index (Phi) is 7.44. The van der Waals surface area contributed by atoms with Crippen molar-refractivity contribution in [2.75, 3.05) is 26.2 Å². The average Bonchev–Trinajstić information content (AvgIpc) is 2.83. The Hall–Kier alpha value is -3.22. The van der Waals surface area contributed by atoms with Crippen molar-refractivity contribution in [3.63, 3.8) is 0 Å². The molecule has 0 radical (unpaired) electrons. The minimum absolute atomic E-state index is 0.0199. The van der Waals surface area contributed by atoms with Gasteiger partial charge < -0.3 is 10.2 Å². The van der Waals surface area contributed by atoms with E-state index >= 15 is 0 Å². The Balaban J connectivity index is 1.57. The first-order chi connectivity index (χ1) is 15.9. The zero-order valence-corrected chi connectivity index (χ0v) is 20.7. The molecule has 180 valence electrons. The summed E-state index contributed by atoms with van der Waals surface area (Å²) >= 11 is 0. The first kappa shape index (κ1) is 25.4. The fourth-order valence-electron chi connectivity index (χ4n) is 3.74. The van der Waals surface area contributed by atoms with E-state index in [-0.39, 0.29) is 48.3 Å². The number of piperazine rings is 1. The lowest BCUT2D eigenvalue weighted by atomic mass is 9.86. The number of rotatable bonds is 5. The monoisotopic (exact) mass is 482 g/mol. The highest BCUT2D eigenvalue weighted by Crippen LogP contribution is 2.22. The molecule has 9 heteroatoms. The van der Waals surface area contributed by atoms with Crippen molar-refractivity contribution in [3.05, 3.63) is 65.2 Å². The molecule has 1 fully saturated rings. The molecule has 34 heavy (non-hydrogen) atoms. The first-order valence-corrected chi connectivity index (χ1v) is 12.6. The number of hydrogen-bond acceptors (Lipinski definition) is 5. The Bertz CT molecular complexity index is 1190. The standard InChI is InChI=1S/C25H30N4O4S/c1-18(27-23(30)20-7-9-21(10-8-20)25(2,3)4)24(31)28-13-15-29(16-14-28)34(32,33)22-11-5-19(17-26)6-12-22/h5-12,18H,13-16H2,1-4H3,(H,27,30)/t18-/m0/s1. The van der Waals surface area contributed by atoms with Gasteiger partial charge in [0.1, 0.15) is 6.04 Å². The van der Waals surface area contributed by atoms with Gasteiger partial charge in [-0.1, -0.05) is 32.9 Å². The third kappa shape index (κ3) is 5.64. The van der Waals surface area contributed by atoms with E-state index in [1.807, 2.05) is 18.2 Å². The Morgan fingerprint density at radius 2 is 1.53 bits per heavy atom. The summed E-state index contributed by atoms with van der Waals surface area (Å²) in [5, 5.41) is 11.6. The molecular formula is C25H30N4O4S. The van der Waals surface area contributed by atoms with Crippen LogP contribution in [-0.4, -0.2) is 61.7 Å². The number of amides is 2. The van der Waals surface area contributed by atoms with Crippen LogP contribution >= 0.6 is 0 Å². The molecular weight excluding hydrogens is 452 g/mol. The Morgan fingerprint density at radius 3 is 2.03 bits per heavy atom. The smallest absolute Gasteiger partial charge is 0.251 e. The topological polar surface area (TPSA) is 111 Å². The van der Waals surface area contributed by atoms with Gasteiger partial charge in [0, 0.05) is 31.7 Å². The molecule has 1 saturated heterocycles. The molecule has 1 N–H and O–H groups in total. The van der Waals surface area contributed by atoms with Crippen LogP contribution in [-0.2, 0) is 20.2 Å². The van der Waals surface area contributed by atoms with Crippen LogP contribution in [0.5, 0.6) is 0 Å². The summed E-state index contributed by atoms with van der Waals surface area (Å²) in [6.45, 7) is 8.69. The molecule has 2 amide bonds. The van der Waals surface area contributed by atoms with Crippen molar-refractivity contribution in [2.45, 2.75) is 44.0 Å². The van der Waals surface area contributed by atoms with Crippen molar-refractivity contribution in [3.8, 4) is 6.07 Å². The fraction of sp³-hybridized carbons (Fsp3) is 0.400. The molecule has 0 spiro atoms. The van der Waals surface area contributed by atoms with Gasteiger partial charge in [-0.3, -0.25) is 9.59 Å². The van der Waals surface area contributed by atoms with Crippen molar-refractivity contribution in [1.82, 2.24) is 14.5 Å². The van der Waals surface area contributed by atoms with Gasteiger partial charge in [-0.05, 0) is 54.3 Å². The summed E-state index contributed by atoms with van der Waals surface area (Å²) in [4.78, 5) is 27.1. The molecule has 3 rings (SSSR count). The maximum absolute atomic E-state index is 12.9. The molecule has 1 atom stereocenters. The number of nitrogens with one attached hydrogen (secondary N) is 1. The van der Waals surface area contributed by atoms with Crippen LogP contribution < -0.4 is 5.32 Å². The largest absolute Gasteiger partial charge is 0.341 e. The number of hydrogen-bond donors (Lipinski definition) is 1. The van der Waals surface area contributed by atoms with Crippen molar-refractivity contribution in [2.24, 2.45) is 0 Å². The summed E-state index contributed by atoms with van der Waals surface area (Å²) in [5.41, 5.74) is 1.96.